The molecule has 0 unspecified atom stereocenters. The highest BCUT2D eigenvalue weighted by molar-refractivity contribution is 5.93. The highest BCUT2D eigenvalue weighted by Gasteiger charge is 2.21. The molecule has 0 bridgehead atoms. The van der Waals surface area contributed by atoms with Gasteiger partial charge in [-0.15, -0.1) is 10.2 Å². The van der Waals surface area contributed by atoms with Crippen molar-refractivity contribution in [3.8, 4) is 0 Å². The standard InChI is InChI=1S/C15H15N5O2/c1-10-8-9-20-14(16-10)18-19-15(20)17-13(21)12(22-2)11-6-4-3-5-7-11/h3-9,12H,1-2H3,(H,17,19,21)/t12-/m1/s1. The van der Waals surface area contributed by atoms with Crippen LogP contribution in [0.3, 0.4) is 0 Å². The Bertz CT molecular complexity index is 800. The second-order valence-electron chi connectivity index (χ2n) is 4.78. The Kier molecular flexibility index (Phi) is 3.80. The van der Waals surface area contributed by atoms with Crippen LogP contribution in [0.1, 0.15) is 17.4 Å². The SMILES string of the molecule is CO[C@@H](C(=O)Nc1nnc2nc(C)ccn12)c1ccccc1. The van der Waals surface area contributed by atoms with Crippen molar-refractivity contribution in [3.05, 3.63) is 53.9 Å². The molecule has 0 aliphatic heterocycles. The lowest BCUT2D eigenvalue weighted by Crippen LogP contribution is -2.23. The maximum Gasteiger partial charge on any atom is 0.260 e. The van der Waals surface area contributed by atoms with Crippen molar-refractivity contribution in [1.82, 2.24) is 19.6 Å². The van der Waals surface area contributed by atoms with Crippen LogP contribution in [0.4, 0.5) is 5.95 Å². The van der Waals surface area contributed by atoms with Gasteiger partial charge in [0, 0.05) is 19.0 Å². The Morgan fingerprint density at radius 1 is 1.23 bits per heavy atom. The van der Waals surface area contributed by atoms with Crippen LogP contribution in [0.25, 0.3) is 5.78 Å². The van der Waals surface area contributed by atoms with E-state index in [0.717, 1.165) is 11.3 Å². The third-order valence-corrected chi connectivity index (χ3v) is 3.23. The van der Waals surface area contributed by atoms with Crippen molar-refractivity contribution in [1.29, 1.82) is 0 Å². The summed E-state index contributed by atoms with van der Waals surface area (Å²) in [7, 11) is 1.49. The van der Waals surface area contributed by atoms with Crippen LogP contribution in [-0.4, -0.2) is 32.6 Å². The van der Waals surface area contributed by atoms with E-state index in [2.05, 4.69) is 20.5 Å². The van der Waals surface area contributed by atoms with Crippen LogP contribution in [0.15, 0.2) is 42.6 Å². The Balaban J connectivity index is 1.86. The molecule has 2 heterocycles. The Morgan fingerprint density at radius 2 is 2.00 bits per heavy atom. The average Bonchev–Trinajstić information content (AvgIpc) is 2.91. The van der Waals surface area contributed by atoms with Crippen molar-refractivity contribution in [2.45, 2.75) is 13.0 Å². The van der Waals surface area contributed by atoms with E-state index in [9.17, 15) is 4.79 Å². The van der Waals surface area contributed by atoms with E-state index < -0.39 is 6.10 Å². The van der Waals surface area contributed by atoms with Gasteiger partial charge in [0.25, 0.3) is 11.7 Å². The number of benzene rings is 1. The van der Waals surface area contributed by atoms with E-state index in [4.69, 9.17) is 4.74 Å². The summed E-state index contributed by atoms with van der Waals surface area (Å²) in [6.45, 7) is 1.86. The highest BCUT2D eigenvalue weighted by Crippen LogP contribution is 2.18. The van der Waals surface area contributed by atoms with Crippen LogP contribution >= 0.6 is 0 Å². The predicted molar refractivity (Wildman–Crippen MR) is 80.3 cm³/mol. The van der Waals surface area contributed by atoms with Gasteiger partial charge >= 0.3 is 0 Å². The molecule has 3 rings (SSSR count). The molecule has 7 heteroatoms. The molecule has 7 nitrogen and oxygen atoms in total. The first-order valence-electron chi connectivity index (χ1n) is 6.76. The summed E-state index contributed by atoms with van der Waals surface area (Å²) < 4.78 is 6.91. The van der Waals surface area contributed by atoms with E-state index in [1.165, 1.54) is 7.11 Å². The molecule has 112 valence electrons. The molecule has 1 aromatic carbocycles. The van der Waals surface area contributed by atoms with Crippen molar-refractivity contribution in [2.24, 2.45) is 0 Å². The van der Waals surface area contributed by atoms with Crippen LogP contribution in [0.5, 0.6) is 0 Å². The summed E-state index contributed by atoms with van der Waals surface area (Å²) in [5, 5.41) is 10.6. The van der Waals surface area contributed by atoms with Gasteiger partial charge in [0.05, 0.1) is 0 Å². The smallest absolute Gasteiger partial charge is 0.260 e. The van der Waals surface area contributed by atoms with Gasteiger partial charge in [0.2, 0.25) is 5.95 Å². The molecule has 1 amide bonds. The summed E-state index contributed by atoms with van der Waals surface area (Å²) in [6.07, 6.45) is 1.05. The van der Waals surface area contributed by atoms with Gasteiger partial charge in [-0.1, -0.05) is 30.3 Å². The molecule has 1 atom stereocenters. The van der Waals surface area contributed by atoms with Crippen LogP contribution < -0.4 is 5.32 Å². The maximum absolute atomic E-state index is 12.4. The first-order valence-corrected chi connectivity index (χ1v) is 6.76. The van der Waals surface area contributed by atoms with Crippen molar-refractivity contribution in [3.63, 3.8) is 0 Å². The number of carbonyl (C=O) groups excluding carboxylic acids is 1. The number of ether oxygens (including phenoxy) is 1. The maximum atomic E-state index is 12.4. The number of carbonyl (C=O) groups is 1. The fraction of sp³-hybridized carbons (Fsp3) is 0.200. The van der Waals surface area contributed by atoms with Gasteiger partial charge in [-0.25, -0.2) is 4.98 Å². The van der Waals surface area contributed by atoms with Crippen LogP contribution in [0.2, 0.25) is 0 Å². The first-order chi connectivity index (χ1) is 10.7. The third kappa shape index (κ3) is 2.66. The molecule has 0 aliphatic rings. The number of fused-ring (bicyclic) bond motifs is 1. The molecule has 0 spiro atoms. The third-order valence-electron chi connectivity index (χ3n) is 3.23. The van der Waals surface area contributed by atoms with Gasteiger partial charge in [-0.3, -0.25) is 14.5 Å². The summed E-state index contributed by atoms with van der Waals surface area (Å²) in [4.78, 5) is 16.6. The van der Waals surface area contributed by atoms with Crippen molar-refractivity contribution < 1.29 is 9.53 Å². The number of methoxy groups -OCH3 is 1. The number of amides is 1. The molecule has 2 aromatic heterocycles. The summed E-state index contributed by atoms with van der Waals surface area (Å²) >= 11 is 0. The minimum atomic E-state index is -0.716. The van der Waals surface area contributed by atoms with E-state index in [1.807, 2.05) is 43.3 Å². The topological polar surface area (TPSA) is 81.4 Å². The molecule has 0 aliphatic carbocycles. The summed E-state index contributed by atoms with van der Waals surface area (Å²) in [6, 6.07) is 11.1. The lowest BCUT2D eigenvalue weighted by Gasteiger charge is -2.14. The molecular weight excluding hydrogens is 282 g/mol. The van der Waals surface area contributed by atoms with E-state index >= 15 is 0 Å². The normalized spacial score (nSPS) is 12.3. The van der Waals surface area contributed by atoms with E-state index in [1.54, 1.807) is 10.6 Å². The number of rotatable bonds is 4. The second kappa shape index (κ2) is 5.90. The Hall–Kier alpha value is -2.80. The highest BCUT2D eigenvalue weighted by atomic mass is 16.5. The van der Waals surface area contributed by atoms with Crippen LogP contribution in [0, 0.1) is 6.92 Å². The second-order valence-corrected chi connectivity index (χ2v) is 4.78. The number of anilines is 1. The zero-order valence-corrected chi connectivity index (χ0v) is 12.2. The molecule has 0 saturated carbocycles. The minimum absolute atomic E-state index is 0.311. The number of aryl methyl sites for hydroxylation is 1. The fourth-order valence-electron chi connectivity index (χ4n) is 2.16. The summed E-state index contributed by atoms with van der Waals surface area (Å²) in [5.74, 6) is 0.429. The first kappa shape index (κ1) is 14.2. The number of nitrogens with zero attached hydrogens (tertiary/aromatic N) is 4. The zero-order chi connectivity index (χ0) is 15.5. The largest absolute Gasteiger partial charge is 0.367 e. The molecule has 3 aromatic rings. The van der Waals surface area contributed by atoms with Crippen molar-refractivity contribution in [2.75, 3.05) is 12.4 Å². The number of hydrogen-bond acceptors (Lipinski definition) is 5. The fourth-order valence-corrected chi connectivity index (χ4v) is 2.16. The molecule has 0 fully saturated rings. The number of aromatic nitrogens is 4. The molecule has 0 saturated heterocycles. The van der Waals surface area contributed by atoms with E-state index in [0.29, 0.717) is 11.7 Å². The number of hydrogen-bond donors (Lipinski definition) is 1. The Morgan fingerprint density at radius 3 is 2.73 bits per heavy atom. The lowest BCUT2D eigenvalue weighted by molar-refractivity contribution is -0.126. The van der Waals surface area contributed by atoms with Crippen molar-refractivity contribution >= 4 is 17.6 Å². The van der Waals surface area contributed by atoms with Gasteiger partial charge in [0.15, 0.2) is 6.10 Å². The molecular formula is C15H15N5O2. The van der Waals surface area contributed by atoms with Crippen LogP contribution in [-0.2, 0) is 9.53 Å². The minimum Gasteiger partial charge on any atom is -0.367 e. The Labute approximate surface area is 127 Å². The zero-order valence-electron chi connectivity index (χ0n) is 12.2. The van der Waals surface area contributed by atoms with Gasteiger partial charge in [-0.2, -0.15) is 0 Å². The van der Waals surface area contributed by atoms with Gasteiger partial charge < -0.3 is 4.74 Å². The molecule has 0 radical (unpaired) electrons. The van der Waals surface area contributed by atoms with E-state index in [-0.39, 0.29) is 5.91 Å². The van der Waals surface area contributed by atoms with Gasteiger partial charge in [0.1, 0.15) is 0 Å². The molecule has 1 N–H and O–H groups in total. The monoisotopic (exact) mass is 297 g/mol. The predicted octanol–water partition coefficient (Wildman–Crippen LogP) is 1.76. The lowest BCUT2D eigenvalue weighted by atomic mass is 10.1. The summed E-state index contributed by atoms with van der Waals surface area (Å²) in [5.41, 5.74) is 1.60. The van der Waals surface area contributed by atoms with Gasteiger partial charge in [-0.05, 0) is 18.6 Å². The number of nitrogens with one attached hydrogen (secondary N) is 1. The molecule has 22 heavy (non-hydrogen) atoms. The average molecular weight is 297 g/mol. The quantitative estimate of drug-likeness (QED) is 0.793.